The minimum absolute atomic E-state index is 0.344. The van der Waals surface area contributed by atoms with E-state index in [0.29, 0.717) is 18.2 Å². The van der Waals surface area contributed by atoms with Crippen molar-refractivity contribution >= 4 is 11.7 Å². The summed E-state index contributed by atoms with van der Waals surface area (Å²) in [6.07, 6.45) is 1.10. The van der Waals surface area contributed by atoms with Gasteiger partial charge < -0.3 is 15.3 Å². The highest BCUT2D eigenvalue weighted by Gasteiger charge is 2.21. The summed E-state index contributed by atoms with van der Waals surface area (Å²) in [5.74, 6) is -0.877. The highest BCUT2D eigenvalue weighted by atomic mass is 16.4. The minimum Gasteiger partial charge on any atom is -0.478 e. The second-order valence-electron chi connectivity index (χ2n) is 5.65. The molecule has 114 valence electrons. The van der Waals surface area contributed by atoms with E-state index in [1.807, 2.05) is 12.1 Å². The van der Waals surface area contributed by atoms with E-state index in [1.54, 1.807) is 18.2 Å². The lowest BCUT2D eigenvalue weighted by molar-refractivity contribution is 0.0696. The fraction of sp³-hybridized carbons (Fsp3) is 0.278. The first-order valence-electron chi connectivity index (χ1n) is 7.58. The van der Waals surface area contributed by atoms with Crippen LogP contribution in [0, 0.1) is 0 Å². The van der Waals surface area contributed by atoms with Crippen molar-refractivity contribution in [2.24, 2.45) is 0 Å². The lowest BCUT2D eigenvalue weighted by Crippen LogP contribution is -2.32. The van der Waals surface area contributed by atoms with E-state index < -0.39 is 5.97 Å². The van der Waals surface area contributed by atoms with Crippen molar-refractivity contribution in [3.05, 3.63) is 65.7 Å². The maximum Gasteiger partial charge on any atom is 0.335 e. The largest absolute Gasteiger partial charge is 0.478 e. The number of nitrogens with one attached hydrogen (secondary N) is 1. The third-order valence-corrected chi connectivity index (χ3v) is 4.08. The van der Waals surface area contributed by atoms with Gasteiger partial charge in [-0.05, 0) is 36.2 Å². The van der Waals surface area contributed by atoms with E-state index >= 15 is 0 Å². The Balaban J connectivity index is 1.55. The van der Waals surface area contributed by atoms with Gasteiger partial charge in [0.15, 0.2) is 0 Å². The molecule has 0 radical (unpaired) electrons. The molecule has 3 rings (SSSR count). The van der Waals surface area contributed by atoms with Crippen molar-refractivity contribution in [3.8, 4) is 0 Å². The highest BCUT2D eigenvalue weighted by molar-refractivity contribution is 5.87. The lowest BCUT2D eigenvalue weighted by atomic mass is 10.1. The van der Waals surface area contributed by atoms with E-state index in [2.05, 4.69) is 34.5 Å². The van der Waals surface area contributed by atoms with Gasteiger partial charge in [-0.1, -0.05) is 30.3 Å². The Morgan fingerprint density at radius 1 is 1.18 bits per heavy atom. The summed E-state index contributed by atoms with van der Waals surface area (Å²) in [7, 11) is 0. The van der Waals surface area contributed by atoms with Crippen LogP contribution < -0.4 is 10.2 Å². The topological polar surface area (TPSA) is 52.6 Å². The molecule has 1 saturated heterocycles. The van der Waals surface area contributed by atoms with Crippen molar-refractivity contribution in [3.63, 3.8) is 0 Å². The zero-order chi connectivity index (χ0) is 15.4. The Morgan fingerprint density at radius 3 is 2.77 bits per heavy atom. The zero-order valence-corrected chi connectivity index (χ0v) is 12.4. The van der Waals surface area contributed by atoms with Gasteiger partial charge in [-0.25, -0.2) is 4.79 Å². The third-order valence-electron chi connectivity index (χ3n) is 4.08. The third kappa shape index (κ3) is 3.46. The Bertz CT molecular complexity index is 643. The first-order valence-corrected chi connectivity index (χ1v) is 7.58. The summed E-state index contributed by atoms with van der Waals surface area (Å²) in [5.41, 5.74) is 2.62. The average molecular weight is 296 g/mol. The van der Waals surface area contributed by atoms with Crippen LogP contribution in [0.1, 0.15) is 22.3 Å². The molecule has 1 unspecified atom stereocenters. The smallest absolute Gasteiger partial charge is 0.335 e. The van der Waals surface area contributed by atoms with Crippen LogP contribution in [0.3, 0.4) is 0 Å². The summed E-state index contributed by atoms with van der Waals surface area (Å²) < 4.78 is 0. The predicted octanol–water partition coefficient (Wildman–Crippen LogP) is 2.75. The standard InChI is InChI=1S/C18H20N2O2/c21-18(22)15-6-4-5-14(11-15)12-19-16-9-10-20(13-16)17-7-2-1-3-8-17/h1-8,11,16,19H,9-10,12-13H2,(H,21,22). The number of para-hydroxylation sites is 1. The number of anilines is 1. The van der Waals surface area contributed by atoms with Gasteiger partial charge >= 0.3 is 5.97 Å². The Morgan fingerprint density at radius 2 is 2.00 bits per heavy atom. The van der Waals surface area contributed by atoms with Crippen LogP contribution in [-0.4, -0.2) is 30.2 Å². The zero-order valence-electron chi connectivity index (χ0n) is 12.4. The Labute approximate surface area is 130 Å². The molecule has 2 N–H and O–H groups in total. The number of carboxylic acid groups (broad SMARTS) is 1. The number of benzene rings is 2. The fourth-order valence-corrected chi connectivity index (χ4v) is 2.88. The molecule has 4 nitrogen and oxygen atoms in total. The number of carbonyl (C=O) groups is 1. The van der Waals surface area contributed by atoms with Crippen molar-refractivity contribution in [2.75, 3.05) is 18.0 Å². The van der Waals surface area contributed by atoms with Crippen molar-refractivity contribution in [1.29, 1.82) is 0 Å². The molecular weight excluding hydrogens is 276 g/mol. The van der Waals surface area contributed by atoms with Crippen LogP contribution in [0.5, 0.6) is 0 Å². The molecule has 1 atom stereocenters. The van der Waals surface area contributed by atoms with Crippen LogP contribution in [0.15, 0.2) is 54.6 Å². The average Bonchev–Trinajstić information content (AvgIpc) is 3.03. The minimum atomic E-state index is -0.877. The Hall–Kier alpha value is -2.33. The van der Waals surface area contributed by atoms with Crippen LogP contribution in [0.2, 0.25) is 0 Å². The van der Waals surface area contributed by atoms with Gasteiger partial charge in [0.2, 0.25) is 0 Å². The molecular formula is C18H20N2O2. The van der Waals surface area contributed by atoms with E-state index in [0.717, 1.165) is 25.1 Å². The fourth-order valence-electron chi connectivity index (χ4n) is 2.88. The number of rotatable bonds is 5. The molecule has 0 bridgehead atoms. The van der Waals surface area contributed by atoms with Crippen LogP contribution in [0.4, 0.5) is 5.69 Å². The molecule has 1 aliphatic heterocycles. The quantitative estimate of drug-likeness (QED) is 0.891. The molecule has 1 aliphatic rings. The van der Waals surface area contributed by atoms with Crippen molar-refractivity contribution in [2.45, 2.75) is 19.0 Å². The van der Waals surface area contributed by atoms with Gasteiger partial charge in [-0.15, -0.1) is 0 Å². The summed E-state index contributed by atoms with van der Waals surface area (Å²) >= 11 is 0. The molecule has 2 aromatic rings. The van der Waals surface area contributed by atoms with E-state index in [-0.39, 0.29) is 0 Å². The van der Waals surface area contributed by atoms with E-state index in [4.69, 9.17) is 5.11 Å². The molecule has 0 aromatic heterocycles. The van der Waals surface area contributed by atoms with Gasteiger partial charge in [0.1, 0.15) is 0 Å². The summed E-state index contributed by atoms with van der Waals surface area (Å²) in [4.78, 5) is 13.4. The SMILES string of the molecule is O=C(O)c1cccc(CNC2CCN(c3ccccc3)C2)c1. The van der Waals surface area contributed by atoms with Crippen LogP contribution in [0.25, 0.3) is 0 Å². The lowest BCUT2D eigenvalue weighted by Gasteiger charge is -2.19. The van der Waals surface area contributed by atoms with Gasteiger partial charge in [0.25, 0.3) is 0 Å². The maximum atomic E-state index is 11.0. The number of carboxylic acids is 1. The summed E-state index contributed by atoms with van der Waals surface area (Å²) in [5, 5.41) is 12.6. The van der Waals surface area contributed by atoms with Crippen LogP contribution >= 0.6 is 0 Å². The monoisotopic (exact) mass is 296 g/mol. The first kappa shape index (κ1) is 14.6. The molecule has 0 aliphatic carbocycles. The molecule has 1 heterocycles. The molecule has 22 heavy (non-hydrogen) atoms. The van der Waals surface area contributed by atoms with Crippen molar-refractivity contribution < 1.29 is 9.90 Å². The number of nitrogens with zero attached hydrogens (tertiary/aromatic N) is 1. The first-order chi connectivity index (χ1) is 10.7. The number of hydrogen-bond acceptors (Lipinski definition) is 3. The second kappa shape index (κ2) is 6.62. The molecule has 0 saturated carbocycles. The van der Waals surface area contributed by atoms with Gasteiger partial charge in [0.05, 0.1) is 5.56 Å². The van der Waals surface area contributed by atoms with E-state index in [1.165, 1.54) is 5.69 Å². The molecule has 2 aromatic carbocycles. The number of aromatic carboxylic acids is 1. The highest BCUT2D eigenvalue weighted by Crippen LogP contribution is 2.20. The number of hydrogen-bond donors (Lipinski definition) is 2. The molecule has 4 heteroatoms. The van der Waals surface area contributed by atoms with Gasteiger partial charge in [0, 0.05) is 31.4 Å². The van der Waals surface area contributed by atoms with Crippen molar-refractivity contribution in [1.82, 2.24) is 5.32 Å². The second-order valence-corrected chi connectivity index (χ2v) is 5.65. The molecule has 0 spiro atoms. The van der Waals surface area contributed by atoms with E-state index in [9.17, 15) is 4.79 Å². The molecule has 1 fully saturated rings. The Kier molecular flexibility index (Phi) is 4.39. The maximum absolute atomic E-state index is 11.0. The summed E-state index contributed by atoms with van der Waals surface area (Å²) in [6.45, 7) is 2.74. The molecule has 0 amide bonds. The summed E-state index contributed by atoms with van der Waals surface area (Å²) in [6, 6.07) is 18.0. The van der Waals surface area contributed by atoms with Crippen LogP contribution in [-0.2, 0) is 6.54 Å². The predicted molar refractivity (Wildman–Crippen MR) is 87.3 cm³/mol. The normalized spacial score (nSPS) is 17.6. The van der Waals surface area contributed by atoms with Gasteiger partial charge in [-0.2, -0.15) is 0 Å². The van der Waals surface area contributed by atoms with Gasteiger partial charge in [-0.3, -0.25) is 0 Å².